The molecule has 2 N–H and O–H groups in total. The minimum absolute atomic E-state index is 0.00235. The van der Waals surface area contributed by atoms with Crippen molar-refractivity contribution in [2.75, 3.05) is 6.61 Å². The standard InChI is InChI=1S/C20H39NO2/c1-3-4-5-6-7-8-9-10-11-12-13-14-15-16-17-20(18-22)21-19(2)23/h15-16,20,22H,3-14,17-18H2,1-2H3,(H,21,23)/b16-15+/t20-/m1/s1. The zero-order chi connectivity index (χ0) is 17.2. The van der Waals surface area contributed by atoms with Gasteiger partial charge >= 0.3 is 0 Å². The molecule has 0 aliphatic rings. The number of hydrogen-bond donors (Lipinski definition) is 2. The molecule has 0 spiro atoms. The number of aliphatic hydroxyl groups is 1. The molecule has 0 aliphatic carbocycles. The Morgan fingerprint density at radius 2 is 1.43 bits per heavy atom. The minimum atomic E-state index is -0.138. The highest BCUT2D eigenvalue weighted by molar-refractivity contribution is 5.73. The summed E-state index contributed by atoms with van der Waals surface area (Å²) in [5.41, 5.74) is 0. The Bertz CT molecular complexity index is 289. The van der Waals surface area contributed by atoms with E-state index >= 15 is 0 Å². The van der Waals surface area contributed by atoms with E-state index in [-0.39, 0.29) is 18.6 Å². The van der Waals surface area contributed by atoms with Crippen LogP contribution in [-0.4, -0.2) is 23.7 Å². The lowest BCUT2D eigenvalue weighted by atomic mass is 10.1. The van der Waals surface area contributed by atoms with Crippen LogP contribution in [-0.2, 0) is 4.79 Å². The second-order valence-corrected chi connectivity index (χ2v) is 6.61. The fourth-order valence-corrected chi connectivity index (χ4v) is 2.77. The van der Waals surface area contributed by atoms with Crippen LogP contribution in [0.4, 0.5) is 0 Å². The van der Waals surface area contributed by atoms with E-state index in [1.807, 2.05) is 0 Å². The number of rotatable bonds is 16. The maximum absolute atomic E-state index is 10.9. The van der Waals surface area contributed by atoms with E-state index in [2.05, 4.69) is 24.4 Å². The van der Waals surface area contributed by atoms with Crippen LogP contribution in [0.5, 0.6) is 0 Å². The van der Waals surface area contributed by atoms with Crippen molar-refractivity contribution in [3.05, 3.63) is 12.2 Å². The molecule has 0 unspecified atom stereocenters. The monoisotopic (exact) mass is 325 g/mol. The highest BCUT2D eigenvalue weighted by Crippen LogP contribution is 2.12. The van der Waals surface area contributed by atoms with Gasteiger partial charge in [0, 0.05) is 6.92 Å². The third kappa shape index (κ3) is 17.4. The van der Waals surface area contributed by atoms with Crippen molar-refractivity contribution in [3.8, 4) is 0 Å². The van der Waals surface area contributed by atoms with Gasteiger partial charge in [-0.3, -0.25) is 4.79 Å². The number of aliphatic hydroxyl groups excluding tert-OH is 1. The molecule has 0 saturated heterocycles. The van der Waals surface area contributed by atoms with Gasteiger partial charge in [-0.15, -0.1) is 0 Å². The largest absolute Gasteiger partial charge is 0.394 e. The van der Waals surface area contributed by atoms with Crippen LogP contribution in [0, 0.1) is 0 Å². The summed E-state index contributed by atoms with van der Waals surface area (Å²) in [5, 5.41) is 11.9. The molecule has 3 heteroatoms. The van der Waals surface area contributed by atoms with E-state index < -0.39 is 0 Å². The summed E-state index contributed by atoms with van der Waals surface area (Å²) in [6.07, 6.45) is 21.2. The molecule has 0 heterocycles. The van der Waals surface area contributed by atoms with Crippen molar-refractivity contribution in [1.29, 1.82) is 0 Å². The topological polar surface area (TPSA) is 49.3 Å². The average Bonchev–Trinajstić information content (AvgIpc) is 2.53. The quantitative estimate of drug-likeness (QED) is 0.305. The third-order valence-corrected chi connectivity index (χ3v) is 4.19. The number of unbranched alkanes of at least 4 members (excludes halogenated alkanes) is 11. The predicted octanol–water partition coefficient (Wildman–Crippen LogP) is 5.13. The van der Waals surface area contributed by atoms with Gasteiger partial charge in [-0.2, -0.15) is 0 Å². The summed E-state index contributed by atoms with van der Waals surface area (Å²) in [6.45, 7) is 3.75. The van der Waals surface area contributed by atoms with Gasteiger partial charge in [0.25, 0.3) is 0 Å². The molecule has 0 aliphatic heterocycles. The maximum Gasteiger partial charge on any atom is 0.217 e. The molecule has 0 aromatic rings. The Labute approximate surface area is 143 Å². The first-order valence-corrected chi connectivity index (χ1v) is 9.73. The number of hydrogen-bond acceptors (Lipinski definition) is 2. The van der Waals surface area contributed by atoms with E-state index in [1.54, 1.807) is 0 Å². The number of nitrogens with one attached hydrogen (secondary N) is 1. The molecule has 136 valence electrons. The summed E-state index contributed by atoms with van der Waals surface area (Å²) in [6, 6.07) is -0.138. The molecule has 0 radical (unpaired) electrons. The van der Waals surface area contributed by atoms with Gasteiger partial charge in [0.2, 0.25) is 5.91 Å². The molecule has 0 saturated carbocycles. The first-order chi connectivity index (χ1) is 11.2. The molecule has 0 aromatic carbocycles. The van der Waals surface area contributed by atoms with Crippen LogP contribution < -0.4 is 5.32 Å². The lowest BCUT2D eigenvalue weighted by molar-refractivity contribution is -0.119. The molecule has 0 fully saturated rings. The Morgan fingerprint density at radius 3 is 1.91 bits per heavy atom. The molecule has 0 aromatic heterocycles. The number of amides is 1. The lowest BCUT2D eigenvalue weighted by Gasteiger charge is -2.12. The van der Waals surface area contributed by atoms with Crippen molar-refractivity contribution in [2.24, 2.45) is 0 Å². The molecular weight excluding hydrogens is 286 g/mol. The molecule has 3 nitrogen and oxygen atoms in total. The van der Waals surface area contributed by atoms with Gasteiger partial charge in [-0.25, -0.2) is 0 Å². The van der Waals surface area contributed by atoms with Gasteiger partial charge in [-0.05, 0) is 19.3 Å². The van der Waals surface area contributed by atoms with Gasteiger partial charge in [-0.1, -0.05) is 83.3 Å². The number of carbonyl (C=O) groups is 1. The van der Waals surface area contributed by atoms with Gasteiger partial charge < -0.3 is 10.4 Å². The summed E-state index contributed by atoms with van der Waals surface area (Å²) < 4.78 is 0. The number of carbonyl (C=O) groups excluding carboxylic acids is 1. The second-order valence-electron chi connectivity index (χ2n) is 6.61. The van der Waals surface area contributed by atoms with Crippen molar-refractivity contribution in [3.63, 3.8) is 0 Å². The Hall–Kier alpha value is -0.830. The second kappa shape index (κ2) is 17.5. The normalized spacial score (nSPS) is 12.7. The smallest absolute Gasteiger partial charge is 0.217 e. The zero-order valence-corrected chi connectivity index (χ0v) is 15.5. The molecule has 1 amide bonds. The zero-order valence-electron chi connectivity index (χ0n) is 15.5. The maximum atomic E-state index is 10.9. The van der Waals surface area contributed by atoms with Crippen LogP contribution in [0.15, 0.2) is 12.2 Å². The first kappa shape index (κ1) is 22.2. The van der Waals surface area contributed by atoms with Crippen LogP contribution in [0.1, 0.15) is 97.3 Å². The molecule has 1 atom stereocenters. The minimum Gasteiger partial charge on any atom is -0.394 e. The molecular formula is C20H39NO2. The Morgan fingerprint density at radius 1 is 0.913 bits per heavy atom. The van der Waals surface area contributed by atoms with Crippen LogP contribution >= 0.6 is 0 Å². The van der Waals surface area contributed by atoms with Crippen LogP contribution in [0.25, 0.3) is 0 Å². The highest BCUT2D eigenvalue weighted by atomic mass is 16.3. The van der Waals surface area contributed by atoms with Gasteiger partial charge in [0.1, 0.15) is 0 Å². The van der Waals surface area contributed by atoms with E-state index in [9.17, 15) is 4.79 Å². The van der Waals surface area contributed by atoms with Crippen molar-refractivity contribution >= 4 is 5.91 Å². The Balaban J connectivity index is 3.29. The third-order valence-electron chi connectivity index (χ3n) is 4.19. The fraction of sp³-hybridized carbons (Fsp3) is 0.850. The van der Waals surface area contributed by atoms with E-state index in [0.717, 1.165) is 6.42 Å². The summed E-state index contributed by atoms with van der Waals surface area (Å²) >= 11 is 0. The van der Waals surface area contributed by atoms with E-state index in [1.165, 1.54) is 77.6 Å². The van der Waals surface area contributed by atoms with Crippen LogP contribution in [0.3, 0.4) is 0 Å². The summed E-state index contributed by atoms with van der Waals surface area (Å²) in [4.78, 5) is 10.9. The fourth-order valence-electron chi connectivity index (χ4n) is 2.77. The highest BCUT2D eigenvalue weighted by Gasteiger charge is 2.05. The lowest BCUT2D eigenvalue weighted by Crippen LogP contribution is -2.35. The SMILES string of the molecule is CCCCCCCCCCCCC/C=C/C[C@H](CO)NC(C)=O. The Kier molecular flexibility index (Phi) is 16.9. The van der Waals surface area contributed by atoms with Crippen molar-refractivity contribution in [2.45, 2.75) is 103 Å². The van der Waals surface area contributed by atoms with Crippen molar-refractivity contribution < 1.29 is 9.90 Å². The van der Waals surface area contributed by atoms with E-state index in [0.29, 0.717) is 6.42 Å². The van der Waals surface area contributed by atoms with Gasteiger partial charge in [0.15, 0.2) is 0 Å². The first-order valence-electron chi connectivity index (χ1n) is 9.73. The van der Waals surface area contributed by atoms with Crippen LogP contribution in [0.2, 0.25) is 0 Å². The average molecular weight is 326 g/mol. The summed E-state index contributed by atoms with van der Waals surface area (Å²) in [5.74, 6) is -0.0807. The predicted molar refractivity (Wildman–Crippen MR) is 99.5 cm³/mol. The number of allylic oxidation sites excluding steroid dienone is 1. The summed E-state index contributed by atoms with van der Waals surface area (Å²) in [7, 11) is 0. The van der Waals surface area contributed by atoms with Gasteiger partial charge in [0.05, 0.1) is 12.6 Å². The molecule has 0 rings (SSSR count). The molecule has 0 bridgehead atoms. The van der Waals surface area contributed by atoms with E-state index in [4.69, 9.17) is 5.11 Å². The molecule has 23 heavy (non-hydrogen) atoms. The van der Waals surface area contributed by atoms with Crippen molar-refractivity contribution in [1.82, 2.24) is 5.32 Å².